The lowest BCUT2D eigenvalue weighted by atomic mass is 10.1. The maximum atomic E-state index is 12.6. The number of hydrogen-bond donors (Lipinski definition) is 1. The van der Waals surface area contributed by atoms with E-state index in [-0.39, 0.29) is 18.1 Å². The van der Waals surface area contributed by atoms with Crippen molar-refractivity contribution in [2.45, 2.75) is 31.8 Å². The highest BCUT2D eigenvalue weighted by Crippen LogP contribution is 2.32. The zero-order valence-electron chi connectivity index (χ0n) is 14.4. The van der Waals surface area contributed by atoms with Crippen molar-refractivity contribution >= 4 is 6.03 Å². The minimum absolute atomic E-state index is 0.00229. The molecular weight excluding hydrogens is 308 g/mol. The molecule has 0 aromatic carbocycles. The molecule has 1 aliphatic heterocycles. The number of hydrogen-bond acceptors (Lipinski definition) is 5. The fourth-order valence-electron chi connectivity index (χ4n) is 3.15. The Labute approximate surface area is 141 Å². The molecule has 7 heteroatoms. The van der Waals surface area contributed by atoms with Crippen LogP contribution in [0.2, 0.25) is 0 Å². The Kier molecular flexibility index (Phi) is 4.89. The topological polar surface area (TPSA) is 74.8 Å². The summed E-state index contributed by atoms with van der Waals surface area (Å²) in [5, 5.41) is 6.96. The Morgan fingerprint density at radius 2 is 2.38 bits per heavy atom. The molecule has 1 fully saturated rings. The molecule has 7 nitrogen and oxygen atoms in total. The number of rotatable bonds is 5. The molecule has 0 spiro atoms. The molecule has 130 valence electrons. The van der Waals surface area contributed by atoms with E-state index in [1.807, 2.05) is 49.0 Å². The second kappa shape index (κ2) is 7.09. The third-order valence-corrected chi connectivity index (χ3v) is 4.43. The van der Waals surface area contributed by atoms with Gasteiger partial charge in [0.25, 0.3) is 0 Å². The predicted octanol–water partition coefficient (Wildman–Crippen LogP) is 2.73. The van der Waals surface area contributed by atoms with E-state index in [4.69, 9.17) is 8.94 Å². The molecule has 3 heterocycles. The van der Waals surface area contributed by atoms with Crippen LogP contribution in [0.5, 0.6) is 0 Å². The van der Waals surface area contributed by atoms with E-state index in [1.165, 1.54) is 0 Å². The number of amides is 2. The summed E-state index contributed by atoms with van der Waals surface area (Å²) >= 11 is 0. The molecule has 0 radical (unpaired) electrons. The summed E-state index contributed by atoms with van der Waals surface area (Å²) in [4.78, 5) is 16.5. The van der Waals surface area contributed by atoms with Crippen LogP contribution in [0.3, 0.4) is 0 Å². The zero-order valence-corrected chi connectivity index (χ0v) is 14.4. The second-order valence-corrected chi connectivity index (χ2v) is 6.40. The number of aromatic nitrogens is 1. The summed E-state index contributed by atoms with van der Waals surface area (Å²) in [7, 11) is 3.94. The van der Waals surface area contributed by atoms with Gasteiger partial charge in [-0.1, -0.05) is 5.16 Å². The summed E-state index contributed by atoms with van der Waals surface area (Å²) in [5.41, 5.74) is 0.836. The quantitative estimate of drug-likeness (QED) is 0.911. The van der Waals surface area contributed by atoms with Crippen LogP contribution in [0.1, 0.15) is 42.1 Å². The van der Waals surface area contributed by atoms with Gasteiger partial charge in [0.05, 0.1) is 24.0 Å². The number of likely N-dealkylation sites (N-methyl/N-ethyl adjacent to an activating group) is 1. The van der Waals surface area contributed by atoms with Gasteiger partial charge in [0.15, 0.2) is 5.76 Å². The fraction of sp³-hybridized carbons (Fsp3) is 0.529. The van der Waals surface area contributed by atoms with Crippen LogP contribution in [0.4, 0.5) is 4.79 Å². The predicted molar refractivity (Wildman–Crippen MR) is 88.5 cm³/mol. The van der Waals surface area contributed by atoms with E-state index in [0.717, 1.165) is 36.6 Å². The van der Waals surface area contributed by atoms with Crippen molar-refractivity contribution in [2.24, 2.45) is 0 Å². The van der Waals surface area contributed by atoms with Crippen LogP contribution in [0.25, 0.3) is 0 Å². The lowest BCUT2D eigenvalue weighted by Crippen LogP contribution is -2.42. The van der Waals surface area contributed by atoms with Crippen LogP contribution in [-0.2, 0) is 0 Å². The Balaban J connectivity index is 1.63. The van der Waals surface area contributed by atoms with Crippen LogP contribution in [0, 0.1) is 6.92 Å². The van der Waals surface area contributed by atoms with E-state index < -0.39 is 0 Å². The van der Waals surface area contributed by atoms with Gasteiger partial charge in [-0.3, -0.25) is 4.90 Å². The highest BCUT2D eigenvalue weighted by Gasteiger charge is 2.33. The van der Waals surface area contributed by atoms with Crippen molar-refractivity contribution in [2.75, 3.05) is 27.2 Å². The van der Waals surface area contributed by atoms with Crippen LogP contribution in [-0.4, -0.2) is 48.2 Å². The first-order chi connectivity index (χ1) is 11.6. The van der Waals surface area contributed by atoms with Crippen molar-refractivity contribution in [3.63, 3.8) is 0 Å². The SMILES string of the molecule is Cc1cc([C@H]2CCCN2C(=O)NC[C@H](c2ccco2)N(C)C)on1. The fourth-order valence-corrected chi connectivity index (χ4v) is 3.15. The number of nitrogens with zero attached hydrogens (tertiary/aromatic N) is 3. The van der Waals surface area contributed by atoms with Crippen molar-refractivity contribution in [3.05, 3.63) is 41.7 Å². The standard InChI is InChI=1S/C17H24N4O3/c1-12-10-16(24-19-12)13-6-4-8-21(13)17(22)18-11-14(20(2)3)15-7-5-9-23-15/h5,7,9-10,13-14H,4,6,8,11H2,1-3H3,(H,18,22)/t13-,14-/m1/s1. The first-order valence-electron chi connectivity index (χ1n) is 8.24. The molecule has 2 aromatic heterocycles. The highest BCUT2D eigenvalue weighted by molar-refractivity contribution is 5.75. The van der Waals surface area contributed by atoms with E-state index >= 15 is 0 Å². The number of aryl methyl sites for hydroxylation is 1. The Morgan fingerprint density at radius 1 is 1.54 bits per heavy atom. The highest BCUT2D eigenvalue weighted by atomic mass is 16.5. The van der Waals surface area contributed by atoms with Crippen LogP contribution >= 0.6 is 0 Å². The normalized spacial score (nSPS) is 19.0. The van der Waals surface area contributed by atoms with Gasteiger partial charge in [-0.15, -0.1) is 0 Å². The Hall–Kier alpha value is -2.28. The largest absolute Gasteiger partial charge is 0.468 e. The molecule has 2 amide bonds. The third kappa shape index (κ3) is 3.46. The van der Waals surface area contributed by atoms with Crippen molar-refractivity contribution in [3.8, 4) is 0 Å². The minimum atomic E-state index is -0.0787. The summed E-state index contributed by atoms with van der Waals surface area (Å²) in [5.74, 6) is 1.60. The number of carbonyl (C=O) groups is 1. The van der Waals surface area contributed by atoms with E-state index in [1.54, 1.807) is 6.26 Å². The maximum Gasteiger partial charge on any atom is 0.318 e. The van der Waals surface area contributed by atoms with E-state index in [9.17, 15) is 4.79 Å². The second-order valence-electron chi connectivity index (χ2n) is 6.40. The molecule has 0 bridgehead atoms. The number of furan rings is 1. The van der Waals surface area contributed by atoms with Crippen molar-refractivity contribution < 1.29 is 13.7 Å². The smallest absolute Gasteiger partial charge is 0.318 e. The molecule has 0 unspecified atom stereocenters. The first kappa shape index (κ1) is 16.6. The average Bonchev–Trinajstić information content (AvgIpc) is 3.27. The lowest BCUT2D eigenvalue weighted by Gasteiger charge is -2.26. The summed E-state index contributed by atoms with van der Waals surface area (Å²) in [6.07, 6.45) is 3.51. The first-order valence-corrected chi connectivity index (χ1v) is 8.24. The van der Waals surface area contributed by atoms with Crippen molar-refractivity contribution in [1.82, 2.24) is 20.3 Å². The molecule has 0 saturated carbocycles. The average molecular weight is 332 g/mol. The van der Waals surface area contributed by atoms with Crippen LogP contribution < -0.4 is 5.32 Å². The molecule has 3 rings (SSSR count). The third-order valence-electron chi connectivity index (χ3n) is 4.43. The molecule has 24 heavy (non-hydrogen) atoms. The Morgan fingerprint density at radius 3 is 3.00 bits per heavy atom. The molecule has 1 N–H and O–H groups in total. The summed E-state index contributed by atoms with van der Waals surface area (Å²) in [6, 6.07) is 5.57. The zero-order chi connectivity index (χ0) is 17.1. The van der Waals surface area contributed by atoms with Gasteiger partial charge in [0, 0.05) is 19.2 Å². The Bertz CT molecular complexity index is 665. The van der Waals surface area contributed by atoms with Gasteiger partial charge >= 0.3 is 6.03 Å². The van der Waals surface area contributed by atoms with Gasteiger partial charge in [-0.05, 0) is 46.0 Å². The number of likely N-dealkylation sites (tertiary alicyclic amines) is 1. The lowest BCUT2D eigenvalue weighted by molar-refractivity contribution is 0.176. The molecular formula is C17H24N4O3. The summed E-state index contributed by atoms with van der Waals surface area (Å²) < 4.78 is 10.8. The van der Waals surface area contributed by atoms with Crippen molar-refractivity contribution in [1.29, 1.82) is 0 Å². The molecule has 1 saturated heterocycles. The van der Waals surface area contributed by atoms with E-state index in [0.29, 0.717) is 6.54 Å². The summed E-state index contributed by atoms with van der Waals surface area (Å²) in [6.45, 7) is 3.10. The monoisotopic (exact) mass is 332 g/mol. The van der Waals surface area contributed by atoms with E-state index in [2.05, 4.69) is 10.5 Å². The van der Waals surface area contributed by atoms with Gasteiger partial charge in [0.2, 0.25) is 0 Å². The molecule has 1 aliphatic rings. The molecule has 0 aliphatic carbocycles. The molecule has 2 aromatic rings. The van der Waals surface area contributed by atoms with Crippen LogP contribution in [0.15, 0.2) is 33.4 Å². The van der Waals surface area contributed by atoms with Gasteiger partial charge in [0.1, 0.15) is 5.76 Å². The van der Waals surface area contributed by atoms with Gasteiger partial charge < -0.3 is 19.2 Å². The number of nitrogens with one attached hydrogen (secondary N) is 1. The number of urea groups is 1. The molecule has 2 atom stereocenters. The van der Waals surface area contributed by atoms with Gasteiger partial charge in [-0.25, -0.2) is 4.79 Å². The van der Waals surface area contributed by atoms with Gasteiger partial charge in [-0.2, -0.15) is 0 Å². The maximum absolute atomic E-state index is 12.6. The number of carbonyl (C=O) groups excluding carboxylic acids is 1. The minimum Gasteiger partial charge on any atom is -0.468 e.